The quantitative estimate of drug-likeness (QED) is 0.835. The van der Waals surface area contributed by atoms with Crippen molar-refractivity contribution in [2.75, 3.05) is 21.3 Å². The van der Waals surface area contributed by atoms with Crippen LogP contribution in [0.5, 0.6) is 11.5 Å². The Morgan fingerprint density at radius 1 is 1.17 bits per heavy atom. The van der Waals surface area contributed by atoms with Crippen LogP contribution in [0.4, 0.5) is 0 Å². The van der Waals surface area contributed by atoms with Crippen molar-refractivity contribution in [3.05, 3.63) is 23.3 Å². The van der Waals surface area contributed by atoms with Crippen molar-refractivity contribution >= 4 is 0 Å². The van der Waals surface area contributed by atoms with Gasteiger partial charge in [0.1, 0.15) is 11.5 Å². The molecule has 0 aromatic heterocycles. The Hall–Kier alpha value is -1.22. The lowest BCUT2D eigenvalue weighted by Gasteiger charge is -2.22. The Labute approximate surface area is 109 Å². The smallest absolute Gasteiger partial charge is 0.124 e. The molecule has 0 heterocycles. The Bertz CT molecular complexity index is 417. The van der Waals surface area contributed by atoms with Gasteiger partial charge in [-0.2, -0.15) is 0 Å². The number of hydrogen-bond acceptors (Lipinski definition) is 3. The van der Waals surface area contributed by atoms with Gasteiger partial charge in [-0.25, -0.2) is 0 Å². The molecule has 0 fully saturated rings. The molecule has 0 saturated carbocycles. The average Bonchev–Trinajstić information content (AvgIpc) is 2.57. The van der Waals surface area contributed by atoms with Crippen molar-refractivity contribution in [1.29, 1.82) is 0 Å². The molecule has 0 saturated heterocycles. The van der Waals surface area contributed by atoms with E-state index in [4.69, 9.17) is 9.47 Å². The number of hydrogen-bond donors (Lipinski definition) is 1. The largest absolute Gasteiger partial charge is 0.496 e. The first kappa shape index (κ1) is 13.2. The van der Waals surface area contributed by atoms with E-state index in [0.29, 0.717) is 12.0 Å². The molecule has 2 rings (SSSR count). The van der Waals surface area contributed by atoms with E-state index in [1.165, 1.54) is 17.5 Å². The maximum absolute atomic E-state index is 5.54. The van der Waals surface area contributed by atoms with Crippen LogP contribution in [0.2, 0.25) is 0 Å². The highest BCUT2D eigenvalue weighted by atomic mass is 16.5. The highest BCUT2D eigenvalue weighted by molar-refractivity contribution is 5.51. The second-order valence-corrected chi connectivity index (χ2v) is 5.08. The van der Waals surface area contributed by atoms with Crippen molar-refractivity contribution in [3.8, 4) is 11.5 Å². The third kappa shape index (κ3) is 2.32. The molecule has 2 unspecified atom stereocenters. The monoisotopic (exact) mass is 249 g/mol. The summed E-state index contributed by atoms with van der Waals surface area (Å²) >= 11 is 0. The number of methoxy groups -OCH3 is 2. The second-order valence-electron chi connectivity index (χ2n) is 5.08. The lowest BCUT2D eigenvalue weighted by molar-refractivity contribution is 0.382. The van der Waals surface area contributed by atoms with E-state index in [0.717, 1.165) is 24.3 Å². The summed E-state index contributed by atoms with van der Waals surface area (Å²) in [5.74, 6) is 2.67. The molecule has 1 aliphatic rings. The highest BCUT2D eigenvalue weighted by Gasteiger charge is 2.26. The van der Waals surface area contributed by atoms with Crippen LogP contribution >= 0.6 is 0 Å². The molecule has 1 aromatic carbocycles. The van der Waals surface area contributed by atoms with Gasteiger partial charge in [0.2, 0.25) is 0 Å². The van der Waals surface area contributed by atoms with Crippen LogP contribution in [-0.4, -0.2) is 21.3 Å². The van der Waals surface area contributed by atoms with Crippen LogP contribution in [0.1, 0.15) is 36.9 Å². The minimum Gasteiger partial charge on any atom is -0.496 e. The van der Waals surface area contributed by atoms with Crippen molar-refractivity contribution in [1.82, 2.24) is 5.32 Å². The van der Waals surface area contributed by atoms with Gasteiger partial charge in [-0.1, -0.05) is 6.92 Å². The molecule has 100 valence electrons. The molecule has 0 amide bonds. The molecular weight excluding hydrogens is 226 g/mol. The number of fused-ring (bicyclic) bond motifs is 1. The summed E-state index contributed by atoms with van der Waals surface area (Å²) < 4.78 is 11.1. The average molecular weight is 249 g/mol. The highest BCUT2D eigenvalue weighted by Crippen LogP contribution is 2.41. The molecule has 18 heavy (non-hydrogen) atoms. The molecule has 3 heteroatoms. The first-order chi connectivity index (χ1) is 8.71. The van der Waals surface area contributed by atoms with Crippen LogP contribution < -0.4 is 14.8 Å². The van der Waals surface area contributed by atoms with E-state index in [-0.39, 0.29) is 0 Å². The van der Waals surface area contributed by atoms with Crippen LogP contribution in [0.15, 0.2) is 12.1 Å². The summed E-state index contributed by atoms with van der Waals surface area (Å²) in [5, 5.41) is 3.42. The lowest BCUT2D eigenvalue weighted by atomic mass is 9.96. The summed E-state index contributed by atoms with van der Waals surface area (Å²) in [4.78, 5) is 0. The molecule has 0 bridgehead atoms. The van der Waals surface area contributed by atoms with Gasteiger partial charge in [0, 0.05) is 17.2 Å². The fraction of sp³-hybridized carbons (Fsp3) is 0.600. The molecule has 1 aromatic rings. The van der Waals surface area contributed by atoms with E-state index in [9.17, 15) is 0 Å². The normalized spacial score (nSPS) is 23.1. The third-order valence-corrected chi connectivity index (χ3v) is 3.94. The maximum Gasteiger partial charge on any atom is 0.124 e. The van der Waals surface area contributed by atoms with Gasteiger partial charge >= 0.3 is 0 Å². The Kier molecular flexibility index (Phi) is 4.12. The van der Waals surface area contributed by atoms with Gasteiger partial charge < -0.3 is 14.8 Å². The molecule has 2 atom stereocenters. The van der Waals surface area contributed by atoms with E-state index < -0.39 is 0 Å². The van der Waals surface area contributed by atoms with Crippen LogP contribution in [0, 0.1) is 5.92 Å². The first-order valence-corrected chi connectivity index (χ1v) is 6.62. The molecule has 1 aliphatic carbocycles. The van der Waals surface area contributed by atoms with Crippen molar-refractivity contribution in [3.63, 3.8) is 0 Å². The molecular formula is C15H23NO2. The van der Waals surface area contributed by atoms with Gasteiger partial charge in [-0.15, -0.1) is 0 Å². The molecule has 0 aliphatic heterocycles. The van der Waals surface area contributed by atoms with E-state index in [2.05, 4.69) is 12.2 Å². The van der Waals surface area contributed by atoms with Gasteiger partial charge in [-0.05, 0) is 44.4 Å². The van der Waals surface area contributed by atoms with Gasteiger partial charge in [0.15, 0.2) is 0 Å². The Morgan fingerprint density at radius 3 is 2.44 bits per heavy atom. The van der Waals surface area contributed by atoms with Crippen LogP contribution in [0.3, 0.4) is 0 Å². The third-order valence-electron chi connectivity index (χ3n) is 3.94. The van der Waals surface area contributed by atoms with Crippen molar-refractivity contribution in [2.45, 2.75) is 32.2 Å². The fourth-order valence-electron chi connectivity index (χ4n) is 2.92. The minimum atomic E-state index is 0.350. The number of nitrogens with one attached hydrogen (secondary N) is 1. The second kappa shape index (κ2) is 5.61. The Balaban J connectivity index is 2.55. The van der Waals surface area contributed by atoms with Gasteiger partial charge in [-0.3, -0.25) is 0 Å². The van der Waals surface area contributed by atoms with Gasteiger partial charge in [0.25, 0.3) is 0 Å². The summed E-state index contributed by atoms with van der Waals surface area (Å²) in [5.41, 5.74) is 2.59. The minimum absolute atomic E-state index is 0.350. The first-order valence-electron chi connectivity index (χ1n) is 6.62. The van der Waals surface area contributed by atoms with Crippen LogP contribution in [-0.2, 0) is 6.42 Å². The van der Waals surface area contributed by atoms with Crippen molar-refractivity contribution < 1.29 is 9.47 Å². The summed E-state index contributed by atoms with van der Waals surface area (Å²) in [6.07, 6.45) is 3.41. The zero-order chi connectivity index (χ0) is 13.1. The summed E-state index contributed by atoms with van der Waals surface area (Å²) in [7, 11) is 5.50. The molecule has 1 N–H and O–H groups in total. The summed E-state index contributed by atoms with van der Waals surface area (Å²) in [6.45, 7) is 2.31. The predicted octanol–water partition coefficient (Wildman–Crippen LogP) is 2.94. The number of ether oxygens (including phenoxy) is 2. The standard InChI is InChI=1S/C15H23NO2/c1-10-5-6-11-13(17-3)7-8-14(18-4)15(11)12(9-10)16-2/h7-8,10,12,16H,5-6,9H2,1-4H3. The van der Waals surface area contributed by atoms with E-state index in [1.54, 1.807) is 14.2 Å². The van der Waals surface area contributed by atoms with Gasteiger partial charge in [0.05, 0.1) is 14.2 Å². The zero-order valence-electron chi connectivity index (χ0n) is 11.7. The topological polar surface area (TPSA) is 30.5 Å². The predicted molar refractivity (Wildman–Crippen MR) is 73.4 cm³/mol. The van der Waals surface area contributed by atoms with E-state index in [1.807, 2.05) is 19.2 Å². The maximum atomic E-state index is 5.54. The Morgan fingerprint density at radius 2 is 1.83 bits per heavy atom. The fourth-order valence-corrected chi connectivity index (χ4v) is 2.92. The lowest BCUT2D eigenvalue weighted by Crippen LogP contribution is -2.19. The molecule has 3 nitrogen and oxygen atoms in total. The van der Waals surface area contributed by atoms with E-state index >= 15 is 0 Å². The van der Waals surface area contributed by atoms with Crippen molar-refractivity contribution in [2.24, 2.45) is 5.92 Å². The number of benzene rings is 1. The zero-order valence-corrected chi connectivity index (χ0v) is 11.7. The molecule has 0 spiro atoms. The molecule has 0 radical (unpaired) electrons. The number of rotatable bonds is 3. The SMILES string of the molecule is CNC1CC(C)CCc2c(OC)ccc(OC)c21. The summed E-state index contributed by atoms with van der Waals surface area (Å²) in [6, 6.07) is 4.38. The van der Waals surface area contributed by atoms with Crippen LogP contribution in [0.25, 0.3) is 0 Å².